The van der Waals surface area contributed by atoms with Crippen molar-refractivity contribution in [2.45, 2.75) is 26.3 Å². The van der Waals surface area contributed by atoms with Crippen molar-refractivity contribution in [3.05, 3.63) is 41.5 Å². The molecule has 4 heteroatoms. The Labute approximate surface area is 106 Å². The van der Waals surface area contributed by atoms with Crippen LogP contribution in [0.4, 0.5) is 4.39 Å². The molecule has 0 atom stereocenters. The van der Waals surface area contributed by atoms with Crippen LogP contribution in [0, 0.1) is 5.82 Å². The molecule has 0 bridgehead atoms. The SMILES string of the molecule is CC(C)c1nn(C)cc1-c1ccc(CN)cc1F. The first-order valence-corrected chi connectivity index (χ1v) is 6.05. The van der Waals surface area contributed by atoms with Crippen LogP contribution in [0.15, 0.2) is 24.4 Å². The number of benzene rings is 1. The van der Waals surface area contributed by atoms with Crippen molar-refractivity contribution in [3.8, 4) is 11.1 Å². The Hall–Kier alpha value is -1.68. The molecule has 0 aliphatic carbocycles. The monoisotopic (exact) mass is 247 g/mol. The number of aromatic nitrogens is 2. The van der Waals surface area contributed by atoms with Crippen molar-refractivity contribution < 1.29 is 4.39 Å². The van der Waals surface area contributed by atoms with E-state index in [1.54, 1.807) is 10.7 Å². The highest BCUT2D eigenvalue weighted by atomic mass is 19.1. The number of nitrogens with two attached hydrogens (primary N) is 1. The molecule has 0 amide bonds. The molecule has 0 saturated carbocycles. The number of halogens is 1. The number of hydrogen-bond acceptors (Lipinski definition) is 2. The summed E-state index contributed by atoms with van der Waals surface area (Å²) in [5.41, 5.74) is 8.66. The lowest BCUT2D eigenvalue weighted by atomic mass is 9.99. The largest absolute Gasteiger partial charge is 0.326 e. The van der Waals surface area contributed by atoms with Gasteiger partial charge >= 0.3 is 0 Å². The molecule has 0 saturated heterocycles. The van der Waals surface area contributed by atoms with E-state index in [-0.39, 0.29) is 11.7 Å². The zero-order valence-electron chi connectivity index (χ0n) is 10.9. The van der Waals surface area contributed by atoms with Gasteiger partial charge < -0.3 is 5.73 Å². The Kier molecular flexibility index (Phi) is 3.48. The van der Waals surface area contributed by atoms with Gasteiger partial charge in [0.1, 0.15) is 5.82 Å². The second-order valence-electron chi connectivity index (χ2n) is 4.77. The predicted molar refractivity (Wildman–Crippen MR) is 70.6 cm³/mol. The Morgan fingerprint density at radius 2 is 2.06 bits per heavy atom. The normalized spacial score (nSPS) is 11.2. The van der Waals surface area contributed by atoms with Gasteiger partial charge in [0.15, 0.2) is 0 Å². The Balaban J connectivity index is 2.55. The van der Waals surface area contributed by atoms with Crippen molar-refractivity contribution in [3.63, 3.8) is 0 Å². The van der Waals surface area contributed by atoms with Gasteiger partial charge in [-0.2, -0.15) is 5.10 Å². The summed E-state index contributed by atoms with van der Waals surface area (Å²) in [4.78, 5) is 0. The number of aryl methyl sites for hydroxylation is 1. The van der Waals surface area contributed by atoms with Crippen LogP contribution in [-0.2, 0) is 13.6 Å². The molecule has 18 heavy (non-hydrogen) atoms. The van der Waals surface area contributed by atoms with E-state index < -0.39 is 0 Å². The Morgan fingerprint density at radius 3 is 2.61 bits per heavy atom. The maximum Gasteiger partial charge on any atom is 0.131 e. The van der Waals surface area contributed by atoms with Crippen molar-refractivity contribution in [1.29, 1.82) is 0 Å². The fourth-order valence-electron chi connectivity index (χ4n) is 2.04. The number of nitrogens with zero attached hydrogens (tertiary/aromatic N) is 2. The minimum absolute atomic E-state index is 0.243. The van der Waals surface area contributed by atoms with Crippen LogP contribution in [0.1, 0.15) is 31.0 Å². The van der Waals surface area contributed by atoms with Gasteiger partial charge in [-0.3, -0.25) is 4.68 Å². The molecule has 0 spiro atoms. The first-order valence-electron chi connectivity index (χ1n) is 6.05. The van der Waals surface area contributed by atoms with Crippen LogP contribution in [0.25, 0.3) is 11.1 Å². The van der Waals surface area contributed by atoms with Crippen molar-refractivity contribution >= 4 is 0 Å². The fraction of sp³-hybridized carbons (Fsp3) is 0.357. The Bertz CT molecular complexity index is 558. The van der Waals surface area contributed by atoms with Crippen molar-refractivity contribution in [2.75, 3.05) is 0 Å². The van der Waals surface area contributed by atoms with Gasteiger partial charge in [0.05, 0.1) is 5.69 Å². The maximum absolute atomic E-state index is 14.1. The lowest BCUT2D eigenvalue weighted by Crippen LogP contribution is -1.98. The third kappa shape index (κ3) is 2.29. The lowest BCUT2D eigenvalue weighted by molar-refractivity contribution is 0.628. The minimum Gasteiger partial charge on any atom is -0.326 e. The van der Waals surface area contributed by atoms with E-state index in [4.69, 9.17) is 5.73 Å². The molecule has 2 rings (SSSR count). The molecule has 0 radical (unpaired) electrons. The fourth-order valence-corrected chi connectivity index (χ4v) is 2.04. The molecule has 0 aliphatic rings. The Morgan fingerprint density at radius 1 is 1.33 bits per heavy atom. The van der Waals surface area contributed by atoms with Gasteiger partial charge in [0, 0.05) is 30.9 Å². The molecule has 0 fully saturated rings. The van der Waals surface area contributed by atoms with E-state index in [9.17, 15) is 4.39 Å². The van der Waals surface area contributed by atoms with Gasteiger partial charge in [-0.15, -0.1) is 0 Å². The van der Waals surface area contributed by atoms with Gasteiger partial charge in [0.2, 0.25) is 0 Å². The standard InChI is InChI=1S/C14H18FN3/c1-9(2)14-12(8-18(3)17-14)11-5-4-10(7-16)6-13(11)15/h4-6,8-9H,7,16H2,1-3H3. The molecule has 2 N–H and O–H groups in total. The molecule has 2 aromatic rings. The highest BCUT2D eigenvalue weighted by Crippen LogP contribution is 2.30. The van der Waals surface area contributed by atoms with Gasteiger partial charge in [-0.05, 0) is 17.5 Å². The zero-order valence-corrected chi connectivity index (χ0v) is 10.9. The molecule has 1 aromatic heterocycles. The average Bonchev–Trinajstić information content (AvgIpc) is 2.71. The van der Waals surface area contributed by atoms with Crippen LogP contribution in [0.5, 0.6) is 0 Å². The summed E-state index contributed by atoms with van der Waals surface area (Å²) < 4.78 is 15.8. The predicted octanol–water partition coefficient (Wildman–Crippen LogP) is 2.81. The molecule has 0 unspecified atom stereocenters. The average molecular weight is 247 g/mol. The summed E-state index contributed by atoms with van der Waals surface area (Å²) in [5.74, 6) is 0.0163. The van der Waals surface area contributed by atoms with E-state index in [1.807, 2.05) is 19.3 Å². The topological polar surface area (TPSA) is 43.8 Å². The van der Waals surface area contributed by atoms with E-state index in [0.29, 0.717) is 12.1 Å². The van der Waals surface area contributed by atoms with E-state index in [2.05, 4.69) is 18.9 Å². The highest BCUT2D eigenvalue weighted by molar-refractivity contribution is 5.67. The molecule has 1 aromatic carbocycles. The van der Waals surface area contributed by atoms with Crippen molar-refractivity contribution in [2.24, 2.45) is 12.8 Å². The molecular weight excluding hydrogens is 229 g/mol. The van der Waals surface area contributed by atoms with E-state index in [0.717, 1.165) is 16.8 Å². The van der Waals surface area contributed by atoms with Crippen LogP contribution in [0.2, 0.25) is 0 Å². The quantitative estimate of drug-likeness (QED) is 0.906. The van der Waals surface area contributed by atoms with Gasteiger partial charge in [-0.1, -0.05) is 26.0 Å². The first-order chi connectivity index (χ1) is 8.52. The molecule has 0 aliphatic heterocycles. The first kappa shape index (κ1) is 12.8. The van der Waals surface area contributed by atoms with Crippen LogP contribution in [-0.4, -0.2) is 9.78 Å². The number of hydrogen-bond donors (Lipinski definition) is 1. The smallest absolute Gasteiger partial charge is 0.131 e. The number of rotatable bonds is 3. The van der Waals surface area contributed by atoms with Crippen LogP contribution >= 0.6 is 0 Å². The molecular formula is C14H18FN3. The van der Waals surface area contributed by atoms with E-state index in [1.165, 1.54) is 6.07 Å². The molecule has 1 heterocycles. The third-order valence-electron chi connectivity index (χ3n) is 2.96. The summed E-state index contributed by atoms with van der Waals surface area (Å²) in [7, 11) is 1.85. The highest BCUT2D eigenvalue weighted by Gasteiger charge is 2.16. The summed E-state index contributed by atoms with van der Waals surface area (Å²) in [5, 5.41) is 4.40. The van der Waals surface area contributed by atoms with E-state index >= 15 is 0 Å². The summed E-state index contributed by atoms with van der Waals surface area (Å²) in [6, 6.07) is 5.13. The minimum atomic E-state index is -0.243. The second-order valence-corrected chi connectivity index (χ2v) is 4.77. The second kappa shape index (κ2) is 4.90. The summed E-state index contributed by atoms with van der Waals surface area (Å²) in [6.45, 7) is 4.46. The van der Waals surface area contributed by atoms with Gasteiger partial charge in [-0.25, -0.2) is 4.39 Å². The zero-order chi connectivity index (χ0) is 13.3. The molecule has 3 nitrogen and oxygen atoms in total. The maximum atomic E-state index is 14.1. The van der Waals surface area contributed by atoms with Crippen LogP contribution in [0.3, 0.4) is 0 Å². The van der Waals surface area contributed by atoms with Crippen LogP contribution < -0.4 is 5.73 Å². The lowest BCUT2D eigenvalue weighted by Gasteiger charge is -2.07. The van der Waals surface area contributed by atoms with Gasteiger partial charge in [0.25, 0.3) is 0 Å². The summed E-state index contributed by atoms with van der Waals surface area (Å²) in [6.07, 6.45) is 1.86. The molecule has 96 valence electrons. The van der Waals surface area contributed by atoms with Crippen molar-refractivity contribution in [1.82, 2.24) is 9.78 Å². The third-order valence-corrected chi connectivity index (χ3v) is 2.96. The summed E-state index contributed by atoms with van der Waals surface area (Å²) >= 11 is 0.